The van der Waals surface area contributed by atoms with Crippen LogP contribution in [0.4, 0.5) is 0 Å². The maximum Gasteiger partial charge on any atom is 0.258 e. The molecule has 3 aromatic rings. The normalized spacial score (nSPS) is 10.6. The van der Waals surface area contributed by atoms with Crippen molar-refractivity contribution in [2.75, 3.05) is 6.61 Å². The van der Waals surface area contributed by atoms with Gasteiger partial charge in [-0.2, -0.15) is 0 Å². The van der Waals surface area contributed by atoms with E-state index in [2.05, 4.69) is 10.3 Å². The highest BCUT2D eigenvalue weighted by Crippen LogP contribution is 2.27. The SMILES string of the molecule is Cc1cccc(OCC(=O)NCc2sc(-c3ccccc3)nc2C)c1C. The first-order chi connectivity index (χ1) is 12.5. The number of rotatable bonds is 6. The van der Waals surface area contributed by atoms with E-state index in [4.69, 9.17) is 4.74 Å². The summed E-state index contributed by atoms with van der Waals surface area (Å²) in [6.45, 7) is 6.46. The van der Waals surface area contributed by atoms with Crippen molar-refractivity contribution < 1.29 is 9.53 Å². The fraction of sp³-hybridized carbons (Fsp3) is 0.238. The number of hydrogen-bond donors (Lipinski definition) is 1. The molecule has 0 bridgehead atoms. The van der Waals surface area contributed by atoms with Crippen molar-refractivity contribution in [2.45, 2.75) is 27.3 Å². The van der Waals surface area contributed by atoms with E-state index in [1.807, 2.05) is 69.3 Å². The minimum atomic E-state index is -0.139. The molecule has 0 aliphatic heterocycles. The molecule has 5 heteroatoms. The van der Waals surface area contributed by atoms with E-state index in [1.165, 1.54) is 0 Å². The quantitative estimate of drug-likeness (QED) is 0.702. The van der Waals surface area contributed by atoms with Gasteiger partial charge in [-0.1, -0.05) is 42.5 Å². The lowest BCUT2D eigenvalue weighted by atomic mass is 10.1. The van der Waals surface area contributed by atoms with Crippen LogP contribution in [0.15, 0.2) is 48.5 Å². The smallest absolute Gasteiger partial charge is 0.258 e. The number of carbonyl (C=O) groups is 1. The fourth-order valence-corrected chi connectivity index (χ4v) is 3.56. The summed E-state index contributed by atoms with van der Waals surface area (Å²) in [5.41, 5.74) is 4.25. The molecule has 4 nitrogen and oxygen atoms in total. The molecule has 1 amide bonds. The zero-order chi connectivity index (χ0) is 18.5. The van der Waals surface area contributed by atoms with E-state index >= 15 is 0 Å². The van der Waals surface area contributed by atoms with Gasteiger partial charge in [0, 0.05) is 10.4 Å². The van der Waals surface area contributed by atoms with Crippen LogP contribution in [0, 0.1) is 20.8 Å². The Hall–Kier alpha value is -2.66. The molecule has 1 heterocycles. The Labute approximate surface area is 157 Å². The molecule has 2 aromatic carbocycles. The van der Waals surface area contributed by atoms with Crippen molar-refractivity contribution in [1.82, 2.24) is 10.3 Å². The van der Waals surface area contributed by atoms with E-state index < -0.39 is 0 Å². The van der Waals surface area contributed by atoms with Crippen LogP contribution in [-0.2, 0) is 11.3 Å². The molecule has 26 heavy (non-hydrogen) atoms. The van der Waals surface area contributed by atoms with Crippen LogP contribution in [0.25, 0.3) is 10.6 Å². The number of carbonyl (C=O) groups excluding carboxylic acids is 1. The third-order valence-corrected chi connectivity index (χ3v) is 5.48. The third kappa shape index (κ3) is 4.29. The molecule has 0 radical (unpaired) electrons. The molecule has 134 valence electrons. The summed E-state index contributed by atoms with van der Waals surface area (Å²) in [6, 6.07) is 15.9. The average molecular weight is 366 g/mol. The maximum absolute atomic E-state index is 12.1. The molecule has 0 aliphatic rings. The molecule has 0 spiro atoms. The predicted molar refractivity (Wildman–Crippen MR) is 106 cm³/mol. The van der Waals surface area contributed by atoms with Crippen LogP contribution in [0.3, 0.4) is 0 Å². The highest BCUT2D eigenvalue weighted by Gasteiger charge is 2.11. The Morgan fingerprint density at radius 3 is 2.62 bits per heavy atom. The Bertz CT molecular complexity index is 904. The maximum atomic E-state index is 12.1. The van der Waals surface area contributed by atoms with Gasteiger partial charge in [-0.25, -0.2) is 4.98 Å². The van der Waals surface area contributed by atoms with Crippen molar-refractivity contribution in [3.8, 4) is 16.3 Å². The number of benzene rings is 2. The average Bonchev–Trinajstić information content (AvgIpc) is 3.03. The Kier molecular flexibility index (Phi) is 5.68. The Balaban J connectivity index is 1.56. The number of nitrogens with one attached hydrogen (secondary N) is 1. The molecule has 1 aromatic heterocycles. The number of ether oxygens (including phenoxy) is 1. The summed E-state index contributed by atoms with van der Waals surface area (Å²) in [5.74, 6) is 0.612. The summed E-state index contributed by atoms with van der Waals surface area (Å²) in [6.07, 6.45) is 0. The summed E-state index contributed by atoms with van der Waals surface area (Å²) in [4.78, 5) is 17.8. The number of thiazole rings is 1. The number of aromatic nitrogens is 1. The van der Waals surface area contributed by atoms with Gasteiger partial charge >= 0.3 is 0 Å². The van der Waals surface area contributed by atoms with Gasteiger partial charge in [0.2, 0.25) is 0 Å². The summed E-state index contributed by atoms with van der Waals surface area (Å²) in [7, 11) is 0. The second-order valence-electron chi connectivity index (χ2n) is 6.16. The lowest BCUT2D eigenvalue weighted by Crippen LogP contribution is -2.28. The van der Waals surface area contributed by atoms with Gasteiger partial charge in [0.25, 0.3) is 5.91 Å². The zero-order valence-electron chi connectivity index (χ0n) is 15.2. The van der Waals surface area contributed by atoms with Crippen LogP contribution < -0.4 is 10.1 Å². The van der Waals surface area contributed by atoms with E-state index in [-0.39, 0.29) is 12.5 Å². The zero-order valence-corrected chi connectivity index (χ0v) is 16.0. The third-order valence-electron chi connectivity index (χ3n) is 4.27. The highest BCUT2D eigenvalue weighted by molar-refractivity contribution is 7.15. The van der Waals surface area contributed by atoms with Crippen molar-refractivity contribution in [1.29, 1.82) is 0 Å². The molecular formula is C21H22N2O2S. The number of aryl methyl sites for hydroxylation is 2. The summed E-state index contributed by atoms with van der Waals surface area (Å²) in [5, 5.41) is 3.89. The van der Waals surface area contributed by atoms with Gasteiger partial charge in [0.15, 0.2) is 6.61 Å². The lowest BCUT2D eigenvalue weighted by Gasteiger charge is -2.10. The molecule has 0 unspecified atom stereocenters. The van der Waals surface area contributed by atoms with E-state index in [0.29, 0.717) is 6.54 Å². The Morgan fingerprint density at radius 1 is 1.08 bits per heavy atom. The predicted octanol–water partition coefficient (Wildman–Crippen LogP) is 4.43. The van der Waals surface area contributed by atoms with Crippen LogP contribution >= 0.6 is 11.3 Å². The van der Waals surface area contributed by atoms with Crippen molar-refractivity contribution >= 4 is 17.2 Å². The van der Waals surface area contributed by atoms with Gasteiger partial charge in [-0.05, 0) is 38.0 Å². The second kappa shape index (κ2) is 8.15. The number of amides is 1. The highest BCUT2D eigenvalue weighted by atomic mass is 32.1. The molecular weight excluding hydrogens is 344 g/mol. The van der Waals surface area contributed by atoms with Crippen molar-refractivity contribution in [3.05, 3.63) is 70.2 Å². The first-order valence-electron chi connectivity index (χ1n) is 8.52. The van der Waals surface area contributed by atoms with Gasteiger partial charge in [-0.3, -0.25) is 4.79 Å². The minimum Gasteiger partial charge on any atom is -0.483 e. The topological polar surface area (TPSA) is 51.2 Å². The molecule has 0 aliphatic carbocycles. The molecule has 3 rings (SSSR count). The molecule has 0 fully saturated rings. The standard InChI is InChI=1S/C21H22N2O2S/c1-14-8-7-11-18(15(14)2)25-13-20(24)22-12-19-16(3)23-21(26-19)17-9-5-4-6-10-17/h4-11H,12-13H2,1-3H3,(H,22,24). The van der Waals surface area contributed by atoms with Gasteiger partial charge in [0.1, 0.15) is 10.8 Å². The monoisotopic (exact) mass is 366 g/mol. The van der Waals surface area contributed by atoms with E-state index in [0.717, 1.165) is 38.0 Å². The Morgan fingerprint density at radius 2 is 1.85 bits per heavy atom. The minimum absolute atomic E-state index is 0.00763. The van der Waals surface area contributed by atoms with Gasteiger partial charge in [0.05, 0.1) is 12.2 Å². The van der Waals surface area contributed by atoms with Crippen LogP contribution in [0.5, 0.6) is 5.75 Å². The molecule has 0 saturated heterocycles. The van der Waals surface area contributed by atoms with Gasteiger partial charge in [-0.15, -0.1) is 11.3 Å². The van der Waals surface area contributed by atoms with Crippen LogP contribution in [0.2, 0.25) is 0 Å². The van der Waals surface area contributed by atoms with E-state index in [9.17, 15) is 4.79 Å². The number of hydrogen-bond acceptors (Lipinski definition) is 4. The second-order valence-corrected chi connectivity index (χ2v) is 7.24. The first-order valence-corrected chi connectivity index (χ1v) is 9.33. The van der Waals surface area contributed by atoms with Crippen LogP contribution in [0.1, 0.15) is 21.7 Å². The van der Waals surface area contributed by atoms with Crippen molar-refractivity contribution in [2.24, 2.45) is 0 Å². The lowest BCUT2D eigenvalue weighted by molar-refractivity contribution is -0.123. The van der Waals surface area contributed by atoms with Crippen molar-refractivity contribution in [3.63, 3.8) is 0 Å². The fourth-order valence-electron chi connectivity index (χ4n) is 2.55. The first kappa shape index (κ1) is 18.1. The molecule has 0 saturated carbocycles. The largest absolute Gasteiger partial charge is 0.483 e. The van der Waals surface area contributed by atoms with Crippen LogP contribution in [-0.4, -0.2) is 17.5 Å². The van der Waals surface area contributed by atoms with E-state index in [1.54, 1.807) is 11.3 Å². The molecule has 0 atom stereocenters. The summed E-state index contributed by atoms with van der Waals surface area (Å²) < 4.78 is 5.65. The summed E-state index contributed by atoms with van der Waals surface area (Å²) >= 11 is 1.61. The van der Waals surface area contributed by atoms with Gasteiger partial charge < -0.3 is 10.1 Å². The number of nitrogens with zero attached hydrogens (tertiary/aromatic N) is 1. The molecule has 1 N–H and O–H groups in total.